The summed E-state index contributed by atoms with van der Waals surface area (Å²) in [5.41, 5.74) is 1.90. The van der Waals surface area contributed by atoms with E-state index in [-0.39, 0.29) is 22.8 Å². The van der Waals surface area contributed by atoms with Gasteiger partial charge >= 0.3 is 0 Å². The Labute approximate surface area is 185 Å². The Hall–Kier alpha value is -2.80. The van der Waals surface area contributed by atoms with Gasteiger partial charge in [-0.1, -0.05) is 42.1 Å². The number of hydrogen-bond donors (Lipinski definition) is 0. The summed E-state index contributed by atoms with van der Waals surface area (Å²) in [5, 5.41) is 1.02. The Balaban J connectivity index is 1.31. The second kappa shape index (κ2) is 8.38. The molecule has 1 saturated heterocycles. The standard InChI is InChI=1S/C24H26N4O2S/c1-17(22(29)27-15-13-26(14-16-27)18-7-3-2-4-8-18)31-24-25-21-10-6-5-9-20(21)23(30)28(24)19-11-12-19/h2-10,17,19H,11-16H2,1H3. The number of nitrogens with zero attached hydrogens (tertiary/aromatic N) is 4. The normalized spacial score (nSPS) is 17.7. The van der Waals surface area contributed by atoms with Gasteiger partial charge in [0.25, 0.3) is 5.56 Å². The van der Waals surface area contributed by atoms with Crippen molar-refractivity contribution in [2.24, 2.45) is 0 Å². The molecule has 1 amide bonds. The van der Waals surface area contributed by atoms with E-state index in [2.05, 4.69) is 17.0 Å². The van der Waals surface area contributed by atoms with E-state index in [4.69, 9.17) is 4.98 Å². The largest absolute Gasteiger partial charge is 0.368 e. The van der Waals surface area contributed by atoms with Crippen LogP contribution in [-0.2, 0) is 4.79 Å². The second-order valence-electron chi connectivity index (χ2n) is 8.23. The Morgan fingerprint density at radius 2 is 1.68 bits per heavy atom. The van der Waals surface area contributed by atoms with Gasteiger partial charge in [0, 0.05) is 37.9 Å². The zero-order valence-corrected chi connectivity index (χ0v) is 18.4. The predicted molar refractivity (Wildman–Crippen MR) is 125 cm³/mol. The molecular formula is C24H26N4O2S. The predicted octanol–water partition coefficient (Wildman–Crippen LogP) is 3.56. The number of carbonyl (C=O) groups is 1. The van der Waals surface area contributed by atoms with E-state index in [1.54, 1.807) is 0 Å². The molecule has 2 heterocycles. The number of amides is 1. The van der Waals surface area contributed by atoms with Crippen LogP contribution in [0.25, 0.3) is 10.9 Å². The second-order valence-corrected chi connectivity index (χ2v) is 9.53. The van der Waals surface area contributed by atoms with E-state index in [0.29, 0.717) is 29.1 Å². The minimum absolute atomic E-state index is 0.00623. The van der Waals surface area contributed by atoms with Crippen LogP contribution in [0.15, 0.2) is 64.5 Å². The Morgan fingerprint density at radius 1 is 1.00 bits per heavy atom. The summed E-state index contributed by atoms with van der Waals surface area (Å²) < 4.78 is 1.81. The average Bonchev–Trinajstić information content (AvgIpc) is 3.64. The molecule has 160 valence electrons. The third-order valence-electron chi connectivity index (χ3n) is 6.03. The zero-order valence-electron chi connectivity index (χ0n) is 17.6. The minimum Gasteiger partial charge on any atom is -0.368 e. The summed E-state index contributed by atoms with van der Waals surface area (Å²) >= 11 is 1.41. The van der Waals surface area contributed by atoms with Gasteiger partial charge in [-0.2, -0.15) is 0 Å². The third-order valence-corrected chi connectivity index (χ3v) is 7.08. The number of aromatic nitrogens is 2. The van der Waals surface area contributed by atoms with Crippen LogP contribution in [0.5, 0.6) is 0 Å². The highest BCUT2D eigenvalue weighted by Crippen LogP contribution is 2.37. The molecule has 6 nitrogen and oxygen atoms in total. The van der Waals surface area contributed by atoms with Crippen molar-refractivity contribution >= 4 is 34.3 Å². The molecule has 2 aliphatic rings. The molecule has 1 aliphatic heterocycles. The van der Waals surface area contributed by atoms with Crippen LogP contribution in [-0.4, -0.2) is 51.8 Å². The van der Waals surface area contributed by atoms with E-state index < -0.39 is 0 Å². The molecule has 2 fully saturated rings. The number of benzene rings is 2. The monoisotopic (exact) mass is 434 g/mol. The van der Waals surface area contributed by atoms with Gasteiger partial charge in [0.1, 0.15) is 0 Å². The number of hydrogen-bond acceptors (Lipinski definition) is 5. The summed E-state index contributed by atoms with van der Waals surface area (Å²) in [7, 11) is 0. The maximum atomic E-state index is 13.2. The van der Waals surface area contributed by atoms with E-state index >= 15 is 0 Å². The van der Waals surface area contributed by atoms with Crippen molar-refractivity contribution in [2.45, 2.75) is 36.2 Å². The highest BCUT2D eigenvalue weighted by atomic mass is 32.2. The van der Waals surface area contributed by atoms with Gasteiger partial charge in [-0.15, -0.1) is 0 Å². The lowest BCUT2D eigenvalue weighted by Crippen LogP contribution is -2.50. The van der Waals surface area contributed by atoms with Crippen molar-refractivity contribution in [3.05, 3.63) is 65.0 Å². The number of piperazine rings is 1. The third kappa shape index (κ3) is 4.06. The van der Waals surface area contributed by atoms with Crippen LogP contribution in [0.1, 0.15) is 25.8 Å². The Morgan fingerprint density at radius 3 is 2.39 bits per heavy atom. The van der Waals surface area contributed by atoms with E-state index in [0.717, 1.165) is 25.9 Å². The number of anilines is 1. The fourth-order valence-electron chi connectivity index (χ4n) is 4.15. The molecule has 1 aromatic heterocycles. The highest BCUT2D eigenvalue weighted by molar-refractivity contribution is 8.00. The molecule has 1 saturated carbocycles. The van der Waals surface area contributed by atoms with Crippen LogP contribution in [0.3, 0.4) is 0 Å². The molecule has 1 atom stereocenters. The van der Waals surface area contributed by atoms with Crippen molar-refractivity contribution in [1.82, 2.24) is 14.5 Å². The number of fused-ring (bicyclic) bond motifs is 1. The first-order valence-corrected chi connectivity index (χ1v) is 11.8. The summed E-state index contributed by atoms with van der Waals surface area (Å²) in [4.78, 5) is 35.2. The molecule has 7 heteroatoms. The quantitative estimate of drug-likeness (QED) is 0.454. The van der Waals surface area contributed by atoms with E-state index in [1.807, 2.05) is 58.9 Å². The molecule has 0 spiro atoms. The Kier molecular flexibility index (Phi) is 5.44. The lowest BCUT2D eigenvalue weighted by atomic mass is 10.2. The number of para-hydroxylation sites is 2. The van der Waals surface area contributed by atoms with Crippen LogP contribution in [0.2, 0.25) is 0 Å². The van der Waals surface area contributed by atoms with E-state index in [1.165, 1.54) is 17.4 Å². The van der Waals surface area contributed by atoms with Crippen molar-refractivity contribution in [3.8, 4) is 0 Å². The molecule has 0 radical (unpaired) electrons. The number of carbonyl (C=O) groups excluding carboxylic acids is 1. The average molecular weight is 435 g/mol. The maximum absolute atomic E-state index is 13.2. The molecule has 0 bridgehead atoms. The lowest BCUT2D eigenvalue weighted by molar-refractivity contribution is -0.130. The van der Waals surface area contributed by atoms with Gasteiger partial charge in [0.2, 0.25) is 5.91 Å². The summed E-state index contributed by atoms with van der Waals surface area (Å²) in [6.45, 7) is 5.00. The van der Waals surface area contributed by atoms with E-state index in [9.17, 15) is 9.59 Å². The van der Waals surface area contributed by atoms with Gasteiger partial charge in [-0.25, -0.2) is 4.98 Å². The summed E-state index contributed by atoms with van der Waals surface area (Å²) in [5.74, 6) is 0.113. The number of rotatable bonds is 5. The molecule has 1 aliphatic carbocycles. The van der Waals surface area contributed by atoms with Crippen molar-refractivity contribution in [1.29, 1.82) is 0 Å². The summed E-state index contributed by atoms with van der Waals surface area (Å²) in [6, 6.07) is 18.0. The fourth-order valence-corrected chi connectivity index (χ4v) is 5.22. The maximum Gasteiger partial charge on any atom is 0.262 e. The molecule has 5 rings (SSSR count). The van der Waals surface area contributed by atoms with Gasteiger partial charge < -0.3 is 9.80 Å². The minimum atomic E-state index is -0.290. The van der Waals surface area contributed by atoms with Crippen molar-refractivity contribution in [2.75, 3.05) is 31.1 Å². The first kappa shape index (κ1) is 20.1. The lowest BCUT2D eigenvalue weighted by Gasteiger charge is -2.37. The van der Waals surface area contributed by atoms with Gasteiger partial charge in [-0.05, 0) is 44.0 Å². The first-order valence-electron chi connectivity index (χ1n) is 10.9. The molecular weight excluding hydrogens is 408 g/mol. The SMILES string of the molecule is CC(Sc1nc2ccccc2c(=O)n1C1CC1)C(=O)N1CCN(c2ccccc2)CC1. The van der Waals surface area contributed by atoms with Crippen LogP contribution in [0, 0.1) is 0 Å². The topological polar surface area (TPSA) is 58.4 Å². The summed E-state index contributed by atoms with van der Waals surface area (Å²) in [6.07, 6.45) is 1.99. The molecule has 1 unspecified atom stereocenters. The highest BCUT2D eigenvalue weighted by Gasteiger charge is 2.31. The van der Waals surface area contributed by atoms with Gasteiger partial charge in [0.05, 0.1) is 16.2 Å². The number of thioether (sulfide) groups is 1. The molecule has 31 heavy (non-hydrogen) atoms. The van der Waals surface area contributed by atoms with Gasteiger partial charge in [0.15, 0.2) is 5.16 Å². The molecule has 3 aromatic rings. The Bertz CT molecular complexity index is 1150. The zero-order chi connectivity index (χ0) is 21.4. The molecule has 0 N–H and O–H groups in total. The first-order chi connectivity index (χ1) is 15.1. The van der Waals surface area contributed by atoms with Crippen molar-refractivity contribution in [3.63, 3.8) is 0 Å². The smallest absolute Gasteiger partial charge is 0.262 e. The van der Waals surface area contributed by atoms with Gasteiger partial charge in [-0.3, -0.25) is 14.2 Å². The van der Waals surface area contributed by atoms with Crippen LogP contribution >= 0.6 is 11.8 Å². The van der Waals surface area contributed by atoms with Crippen molar-refractivity contribution < 1.29 is 4.79 Å². The van der Waals surface area contributed by atoms with Crippen LogP contribution in [0.4, 0.5) is 5.69 Å². The molecule has 2 aromatic carbocycles. The van der Waals surface area contributed by atoms with Crippen LogP contribution < -0.4 is 10.5 Å². The fraction of sp³-hybridized carbons (Fsp3) is 0.375.